The summed E-state index contributed by atoms with van der Waals surface area (Å²) >= 11 is 1.38. The standard InChI is InChI=1S/C11H7FN2S/c12-9-4-2-1-3-8(9)10-7-15-11(14-10)5-6-13/h1-4,7H,5H2. The van der Waals surface area contributed by atoms with E-state index in [1.54, 1.807) is 23.6 Å². The second-order valence-corrected chi connectivity index (χ2v) is 3.88. The summed E-state index contributed by atoms with van der Waals surface area (Å²) in [5.74, 6) is -0.286. The average molecular weight is 218 g/mol. The summed E-state index contributed by atoms with van der Waals surface area (Å²) in [7, 11) is 0. The van der Waals surface area contributed by atoms with Gasteiger partial charge < -0.3 is 0 Å². The van der Waals surface area contributed by atoms with Crippen molar-refractivity contribution in [1.82, 2.24) is 4.98 Å². The highest BCUT2D eigenvalue weighted by Gasteiger charge is 2.07. The van der Waals surface area contributed by atoms with Crippen LogP contribution in [0.5, 0.6) is 0 Å². The molecule has 2 nitrogen and oxygen atoms in total. The molecule has 74 valence electrons. The lowest BCUT2D eigenvalue weighted by Gasteiger charge is -1.96. The minimum Gasteiger partial charge on any atom is -0.240 e. The van der Waals surface area contributed by atoms with Crippen molar-refractivity contribution >= 4 is 11.3 Å². The first-order valence-corrected chi connectivity index (χ1v) is 5.25. The van der Waals surface area contributed by atoms with E-state index >= 15 is 0 Å². The van der Waals surface area contributed by atoms with Crippen LogP contribution in [0.3, 0.4) is 0 Å². The topological polar surface area (TPSA) is 36.7 Å². The van der Waals surface area contributed by atoms with Gasteiger partial charge in [0.05, 0.1) is 18.2 Å². The molecule has 0 N–H and O–H groups in total. The van der Waals surface area contributed by atoms with E-state index in [1.165, 1.54) is 17.4 Å². The highest BCUT2D eigenvalue weighted by Crippen LogP contribution is 2.24. The van der Waals surface area contributed by atoms with Crippen LogP contribution >= 0.6 is 11.3 Å². The smallest absolute Gasteiger partial charge is 0.132 e. The number of nitrogens with zero attached hydrogens (tertiary/aromatic N) is 2. The van der Waals surface area contributed by atoms with Crippen LogP contribution in [0.4, 0.5) is 4.39 Å². The predicted octanol–water partition coefficient (Wildman–Crippen LogP) is 3.02. The number of thiazole rings is 1. The molecule has 1 heterocycles. The number of aromatic nitrogens is 1. The van der Waals surface area contributed by atoms with Gasteiger partial charge in [0.25, 0.3) is 0 Å². The molecule has 2 rings (SSSR count). The Balaban J connectivity index is 2.38. The molecule has 15 heavy (non-hydrogen) atoms. The minimum atomic E-state index is -0.286. The number of nitriles is 1. The van der Waals surface area contributed by atoms with Crippen LogP contribution in [0.2, 0.25) is 0 Å². The molecule has 0 amide bonds. The fraction of sp³-hybridized carbons (Fsp3) is 0.0909. The number of hydrogen-bond acceptors (Lipinski definition) is 3. The van der Waals surface area contributed by atoms with Crippen LogP contribution in [0.1, 0.15) is 5.01 Å². The Labute approximate surface area is 90.6 Å². The zero-order valence-electron chi connectivity index (χ0n) is 7.77. The van der Waals surface area contributed by atoms with E-state index in [-0.39, 0.29) is 12.2 Å². The third-order valence-corrected chi connectivity index (χ3v) is 2.78. The van der Waals surface area contributed by atoms with Crippen LogP contribution in [0.15, 0.2) is 29.6 Å². The van der Waals surface area contributed by atoms with Crippen molar-refractivity contribution in [2.24, 2.45) is 0 Å². The zero-order chi connectivity index (χ0) is 10.7. The lowest BCUT2D eigenvalue weighted by atomic mass is 10.1. The SMILES string of the molecule is N#CCc1nc(-c2ccccc2F)cs1. The summed E-state index contributed by atoms with van der Waals surface area (Å²) in [6.45, 7) is 0. The minimum absolute atomic E-state index is 0.277. The van der Waals surface area contributed by atoms with Crippen LogP contribution < -0.4 is 0 Å². The molecule has 0 aliphatic heterocycles. The second kappa shape index (κ2) is 4.20. The van der Waals surface area contributed by atoms with Crippen LogP contribution in [0, 0.1) is 17.1 Å². The van der Waals surface area contributed by atoms with Gasteiger partial charge in [-0.05, 0) is 12.1 Å². The summed E-state index contributed by atoms with van der Waals surface area (Å²) in [5, 5.41) is 11.0. The molecule has 0 unspecified atom stereocenters. The first-order valence-electron chi connectivity index (χ1n) is 4.37. The van der Waals surface area contributed by atoms with E-state index in [2.05, 4.69) is 4.98 Å². The molecule has 0 aliphatic rings. The van der Waals surface area contributed by atoms with E-state index in [0.717, 1.165) is 5.01 Å². The predicted molar refractivity (Wildman–Crippen MR) is 56.8 cm³/mol. The van der Waals surface area contributed by atoms with Gasteiger partial charge >= 0.3 is 0 Å². The summed E-state index contributed by atoms with van der Waals surface area (Å²) in [6, 6.07) is 8.51. The molecule has 1 aromatic carbocycles. The van der Waals surface area contributed by atoms with Crippen molar-refractivity contribution < 1.29 is 4.39 Å². The van der Waals surface area contributed by atoms with Crippen LogP contribution in [-0.4, -0.2) is 4.98 Å². The van der Waals surface area contributed by atoms with Crippen molar-refractivity contribution in [1.29, 1.82) is 5.26 Å². The summed E-state index contributed by atoms with van der Waals surface area (Å²) in [4.78, 5) is 4.19. The molecule has 0 fully saturated rings. The highest BCUT2D eigenvalue weighted by molar-refractivity contribution is 7.10. The third kappa shape index (κ3) is 2.03. The Kier molecular flexibility index (Phi) is 2.75. The maximum atomic E-state index is 13.4. The molecule has 0 saturated carbocycles. The maximum absolute atomic E-state index is 13.4. The monoisotopic (exact) mass is 218 g/mol. The number of hydrogen-bond donors (Lipinski definition) is 0. The van der Waals surface area contributed by atoms with Gasteiger partial charge in [0, 0.05) is 10.9 Å². The Morgan fingerprint density at radius 1 is 1.40 bits per heavy atom. The van der Waals surface area contributed by atoms with Gasteiger partial charge in [0.2, 0.25) is 0 Å². The van der Waals surface area contributed by atoms with Gasteiger partial charge in [-0.2, -0.15) is 5.26 Å². The maximum Gasteiger partial charge on any atom is 0.132 e. The molecular formula is C11H7FN2S. The first-order chi connectivity index (χ1) is 7.31. The molecule has 0 atom stereocenters. The summed E-state index contributed by atoms with van der Waals surface area (Å²) in [5.41, 5.74) is 1.08. The Morgan fingerprint density at radius 2 is 2.20 bits per heavy atom. The fourth-order valence-corrected chi connectivity index (χ4v) is 1.98. The first kappa shape index (κ1) is 9.81. The fourth-order valence-electron chi connectivity index (χ4n) is 1.25. The van der Waals surface area contributed by atoms with E-state index in [0.29, 0.717) is 11.3 Å². The Hall–Kier alpha value is -1.73. The van der Waals surface area contributed by atoms with Crippen molar-refractivity contribution in [2.75, 3.05) is 0 Å². The third-order valence-electron chi connectivity index (χ3n) is 1.93. The quantitative estimate of drug-likeness (QED) is 0.776. The van der Waals surface area contributed by atoms with Gasteiger partial charge in [-0.3, -0.25) is 0 Å². The zero-order valence-corrected chi connectivity index (χ0v) is 8.59. The summed E-state index contributed by atoms with van der Waals surface area (Å²) in [6.07, 6.45) is 0.277. The number of rotatable bonds is 2. The molecule has 0 radical (unpaired) electrons. The van der Waals surface area contributed by atoms with Gasteiger partial charge in [-0.25, -0.2) is 9.37 Å². The van der Waals surface area contributed by atoms with Gasteiger partial charge in [0.15, 0.2) is 0 Å². The second-order valence-electron chi connectivity index (χ2n) is 2.94. The highest BCUT2D eigenvalue weighted by atomic mass is 32.1. The molecule has 0 aliphatic carbocycles. The molecular weight excluding hydrogens is 211 g/mol. The van der Waals surface area contributed by atoms with Crippen molar-refractivity contribution in [2.45, 2.75) is 6.42 Å². The Morgan fingerprint density at radius 3 is 2.93 bits per heavy atom. The lowest BCUT2D eigenvalue weighted by Crippen LogP contribution is -1.85. The van der Waals surface area contributed by atoms with E-state index < -0.39 is 0 Å². The van der Waals surface area contributed by atoms with Gasteiger partial charge in [0.1, 0.15) is 10.8 Å². The van der Waals surface area contributed by atoms with E-state index in [9.17, 15) is 4.39 Å². The number of benzene rings is 1. The largest absolute Gasteiger partial charge is 0.240 e. The van der Waals surface area contributed by atoms with Gasteiger partial charge in [-0.15, -0.1) is 11.3 Å². The lowest BCUT2D eigenvalue weighted by molar-refractivity contribution is 0.631. The normalized spacial score (nSPS) is 9.87. The molecule has 4 heteroatoms. The molecule has 0 saturated heterocycles. The summed E-state index contributed by atoms with van der Waals surface area (Å²) < 4.78 is 13.4. The van der Waals surface area contributed by atoms with Crippen molar-refractivity contribution in [3.8, 4) is 17.3 Å². The van der Waals surface area contributed by atoms with Crippen molar-refractivity contribution in [3.05, 3.63) is 40.5 Å². The molecule has 1 aromatic heterocycles. The molecule has 0 spiro atoms. The Bertz CT molecular complexity index is 513. The molecule has 0 bridgehead atoms. The number of halogens is 1. The van der Waals surface area contributed by atoms with Crippen molar-refractivity contribution in [3.63, 3.8) is 0 Å². The van der Waals surface area contributed by atoms with E-state index in [1.807, 2.05) is 6.07 Å². The average Bonchev–Trinajstić information content (AvgIpc) is 2.68. The van der Waals surface area contributed by atoms with Crippen LogP contribution in [0.25, 0.3) is 11.3 Å². The van der Waals surface area contributed by atoms with Gasteiger partial charge in [-0.1, -0.05) is 12.1 Å². The molecule has 2 aromatic rings. The van der Waals surface area contributed by atoms with Crippen LogP contribution in [-0.2, 0) is 6.42 Å². The van der Waals surface area contributed by atoms with E-state index in [4.69, 9.17) is 5.26 Å².